The third kappa shape index (κ3) is 3.70. The molecule has 1 heterocycles. The summed E-state index contributed by atoms with van der Waals surface area (Å²) in [5.41, 5.74) is 0.603. The molecule has 1 saturated heterocycles. The van der Waals surface area contributed by atoms with Gasteiger partial charge in [-0.25, -0.2) is 8.42 Å². The second-order valence-corrected chi connectivity index (χ2v) is 8.41. The Hall–Kier alpha value is -2.58. The van der Waals surface area contributed by atoms with Crippen LogP contribution in [0.5, 0.6) is 11.5 Å². The van der Waals surface area contributed by atoms with Crippen molar-refractivity contribution in [3.05, 3.63) is 48.5 Å². The summed E-state index contributed by atoms with van der Waals surface area (Å²) in [7, 11) is 0.965. The number of nitrogens with zero attached hydrogens (tertiary/aromatic N) is 2. The van der Waals surface area contributed by atoms with Gasteiger partial charge in [0, 0.05) is 25.3 Å². The normalized spacial score (nSPS) is 17.3. The van der Waals surface area contributed by atoms with Crippen molar-refractivity contribution < 1.29 is 22.7 Å². The summed E-state index contributed by atoms with van der Waals surface area (Å²) in [5, 5.41) is 0. The van der Waals surface area contributed by atoms with Gasteiger partial charge in [-0.1, -0.05) is 18.2 Å². The van der Waals surface area contributed by atoms with Crippen LogP contribution >= 0.6 is 0 Å². The topological polar surface area (TPSA) is 76.2 Å². The van der Waals surface area contributed by atoms with Crippen LogP contribution in [0.1, 0.15) is 12.8 Å². The SMILES string of the molecule is COc1ccc(N(C)C(=O)C2CCCN2S(=O)(=O)c2ccccc2)cc1OC. The predicted octanol–water partition coefficient (Wildman–Crippen LogP) is 2.52. The average molecular weight is 404 g/mol. The zero-order chi connectivity index (χ0) is 20.3. The summed E-state index contributed by atoms with van der Waals surface area (Å²) in [6.45, 7) is 0.327. The van der Waals surface area contributed by atoms with Gasteiger partial charge in [0.15, 0.2) is 11.5 Å². The van der Waals surface area contributed by atoms with E-state index in [4.69, 9.17) is 9.47 Å². The molecule has 0 aliphatic carbocycles. The monoisotopic (exact) mass is 404 g/mol. The van der Waals surface area contributed by atoms with Gasteiger partial charge >= 0.3 is 0 Å². The van der Waals surface area contributed by atoms with E-state index in [-0.39, 0.29) is 10.8 Å². The highest BCUT2D eigenvalue weighted by atomic mass is 32.2. The first-order valence-corrected chi connectivity index (χ1v) is 10.4. The number of carbonyl (C=O) groups excluding carboxylic acids is 1. The van der Waals surface area contributed by atoms with E-state index in [1.54, 1.807) is 55.6 Å². The first-order chi connectivity index (χ1) is 13.4. The second kappa shape index (κ2) is 8.20. The van der Waals surface area contributed by atoms with Crippen molar-refractivity contribution in [3.8, 4) is 11.5 Å². The molecule has 3 rings (SSSR count). The third-order valence-corrected chi connectivity index (χ3v) is 6.85. The third-order valence-electron chi connectivity index (χ3n) is 4.92. The molecule has 0 saturated carbocycles. The van der Waals surface area contributed by atoms with E-state index in [2.05, 4.69) is 0 Å². The Morgan fingerprint density at radius 3 is 2.39 bits per heavy atom. The van der Waals surface area contributed by atoms with Crippen molar-refractivity contribution in [3.63, 3.8) is 0 Å². The molecule has 0 radical (unpaired) electrons. The van der Waals surface area contributed by atoms with E-state index in [1.165, 1.54) is 23.4 Å². The lowest BCUT2D eigenvalue weighted by atomic mass is 10.2. The molecule has 1 amide bonds. The van der Waals surface area contributed by atoms with Crippen LogP contribution in [0, 0.1) is 0 Å². The maximum atomic E-state index is 13.1. The summed E-state index contributed by atoms with van der Waals surface area (Å²) in [6, 6.07) is 12.6. The van der Waals surface area contributed by atoms with Gasteiger partial charge in [0.05, 0.1) is 19.1 Å². The molecule has 0 bridgehead atoms. The Kier molecular flexibility index (Phi) is 5.90. The van der Waals surface area contributed by atoms with Crippen LogP contribution in [0.2, 0.25) is 0 Å². The minimum absolute atomic E-state index is 0.198. The molecule has 0 spiro atoms. The fourth-order valence-electron chi connectivity index (χ4n) is 3.39. The number of anilines is 1. The number of ether oxygens (including phenoxy) is 2. The largest absolute Gasteiger partial charge is 0.493 e. The number of carbonyl (C=O) groups is 1. The molecule has 1 aliphatic rings. The smallest absolute Gasteiger partial charge is 0.245 e. The number of sulfonamides is 1. The minimum atomic E-state index is -3.73. The first-order valence-electron chi connectivity index (χ1n) is 8.96. The number of hydrogen-bond acceptors (Lipinski definition) is 5. The average Bonchev–Trinajstić information content (AvgIpc) is 3.23. The molecule has 0 aromatic heterocycles. The summed E-state index contributed by atoms with van der Waals surface area (Å²) >= 11 is 0. The van der Waals surface area contributed by atoms with Crippen molar-refractivity contribution in [2.24, 2.45) is 0 Å². The Morgan fingerprint density at radius 2 is 1.75 bits per heavy atom. The van der Waals surface area contributed by atoms with Crippen LogP contribution in [0.4, 0.5) is 5.69 Å². The van der Waals surface area contributed by atoms with Crippen molar-refractivity contribution in [1.29, 1.82) is 0 Å². The van der Waals surface area contributed by atoms with Crippen LogP contribution in [-0.2, 0) is 14.8 Å². The van der Waals surface area contributed by atoms with Crippen LogP contribution in [0.3, 0.4) is 0 Å². The number of benzene rings is 2. The van der Waals surface area contributed by atoms with E-state index in [0.29, 0.717) is 36.6 Å². The Bertz CT molecular complexity index is 946. The molecule has 2 aromatic rings. The van der Waals surface area contributed by atoms with E-state index in [1.807, 2.05) is 0 Å². The van der Waals surface area contributed by atoms with E-state index >= 15 is 0 Å². The summed E-state index contributed by atoms with van der Waals surface area (Å²) in [6.07, 6.45) is 1.13. The van der Waals surface area contributed by atoms with Crippen molar-refractivity contribution >= 4 is 21.6 Å². The van der Waals surface area contributed by atoms with Crippen LogP contribution in [0.25, 0.3) is 0 Å². The maximum Gasteiger partial charge on any atom is 0.245 e. The maximum absolute atomic E-state index is 13.1. The van der Waals surface area contributed by atoms with Gasteiger partial charge < -0.3 is 14.4 Å². The summed E-state index contributed by atoms with van der Waals surface area (Å²) in [5.74, 6) is 0.783. The second-order valence-electron chi connectivity index (χ2n) is 6.52. The standard InChI is InChI=1S/C20H24N2O5S/c1-21(15-11-12-18(26-2)19(14-15)27-3)20(23)17-10-7-13-22(17)28(24,25)16-8-5-4-6-9-16/h4-6,8-9,11-12,14,17H,7,10,13H2,1-3H3. The number of likely N-dealkylation sites (N-methyl/N-ethyl adjacent to an activating group) is 1. The van der Waals surface area contributed by atoms with Crippen LogP contribution in [0.15, 0.2) is 53.4 Å². The van der Waals surface area contributed by atoms with Crippen molar-refractivity contribution in [2.75, 3.05) is 32.7 Å². The minimum Gasteiger partial charge on any atom is -0.493 e. The quantitative estimate of drug-likeness (QED) is 0.740. The Balaban J connectivity index is 1.87. The highest BCUT2D eigenvalue weighted by Crippen LogP contribution is 2.33. The number of methoxy groups -OCH3 is 2. The van der Waals surface area contributed by atoms with E-state index < -0.39 is 16.1 Å². The molecule has 7 nitrogen and oxygen atoms in total. The fraction of sp³-hybridized carbons (Fsp3) is 0.350. The summed E-state index contributed by atoms with van der Waals surface area (Å²) in [4.78, 5) is 14.8. The molecule has 1 fully saturated rings. The zero-order valence-corrected chi connectivity index (χ0v) is 17.0. The van der Waals surface area contributed by atoms with Crippen molar-refractivity contribution in [1.82, 2.24) is 4.31 Å². The molecule has 1 unspecified atom stereocenters. The van der Waals surface area contributed by atoms with Crippen LogP contribution < -0.4 is 14.4 Å². The van der Waals surface area contributed by atoms with Gasteiger partial charge in [-0.2, -0.15) is 4.31 Å². The zero-order valence-electron chi connectivity index (χ0n) is 16.2. The number of rotatable bonds is 6. The fourth-order valence-corrected chi connectivity index (χ4v) is 5.06. The Labute approximate surface area is 165 Å². The Morgan fingerprint density at radius 1 is 1.07 bits per heavy atom. The van der Waals surface area contributed by atoms with Gasteiger partial charge in [-0.3, -0.25) is 4.79 Å². The number of amides is 1. The lowest BCUT2D eigenvalue weighted by Crippen LogP contribution is -2.46. The van der Waals surface area contributed by atoms with Gasteiger partial charge in [0.2, 0.25) is 15.9 Å². The lowest BCUT2D eigenvalue weighted by Gasteiger charge is -2.28. The van der Waals surface area contributed by atoms with Gasteiger partial charge in [0.1, 0.15) is 6.04 Å². The van der Waals surface area contributed by atoms with E-state index in [0.717, 1.165) is 0 Å². The van der Waals surface area contributed by atoms with Gasteiger partial charge in [-0.05, 0) is 37.1 Å². The highest BCUT2D eigenvalue weighted by molar-refractivity contribution is 7.89. The highest BCUT2D eigenvalue weighted by Gasteiger charge is 2.40. The van der Waals surface area contributed by atoms with E-state index in [9.17, 15) is 13.2 Å². The number of hydrogen-bond donors (Lipinski definition) is 0. The molecule has 1 aliphatic heterocycles. The molecule has 150 valence electrons. The molecule has 2 aromatic carbocycles. The molecule has 28 heavy (non-hydrogen) atoms. The first kappa shape index (κ1) is 20.2. The molecular weight excluding hydrogens is 380 g/mol. The van der Waals surface area contributed by atoms with Gasteiger partial charge in [0.25, 0.3) is 0 Å². The lowest BCUT2D eigenvalue weighted by molar-refractivity contribution is -0.121. The van der Waals surface area contributed by atoms with Crippen LogP contribution in [-0.4, -0.2) is 52.5 Å². The molecule has 0 N–H and O–H groups in total. The van der Waals surface area contributed by atoms with Crippen molar-refractivity contribution in [2.45, 2.75) is 23.8 Å². The van der Waals surface area contributed by atoms with Gasteiger partial charge in [-0.15, -0.1) is 0 Å². The predicted molar refractivity (Wildman–Crippen MR) is 106 cm³/mol. The molecule has 1 atom stereocenters. The molecular formula is C20H24N2O5S. The summed E-state index contributed by atoms with van der Waals surface area (Å²) < 4.78 is 37.9. The molecule has 8 heteroatoms.